The van der Waals surface area contributed by atoms with Gasteiger partial charge < -0.3 is 24.4 Å². The Bertz CT molecular complexity index is 1150. The van der Waals surface area contributed by atoms with E-state index in [2.05, 4.69) is 6.58 Å². The van der Waals surface area contributed by atoms with E-state index in [9.17, 15) is 14.7 Å². The lowest BCUT2D eigenvalue weighted by Crippen LogP contribution is -2.32. The van der Waals surface area contributed by atoms with Crippen molar-refractivity contribution in [3.05, 3.63) is 77.4 Å². The minimum atomic E-state index is -0.686. The number of amides is 1. The van der Waals surface area contributed by atoms with E-state index >= 15 is 0 Å². The first-order valence-corrected chi connectivity index (χ1v) is 11.9. The second-order valence-corrected chi connectivity index (χ2v) is 9.27. The Kier molecular flexibility index (Phi) is 7.26. The van der Waals surface area contributed by atoms with Crippen molar-refractivity contribution in [2.75, 3.05) is 33.8 Å². The van der Waals surface area contributed by atoms with Gasteiger partial charge in [0.2, 0.25) is 0 Å². The number of aliphatic hydroxyl groups excluding tert-OH is 1. The van der Waals surface area contributed by atoms with E-state index in [-0.39, 0.29) is 17.4 Å². The number of rotatable bonds is 9. The van der Waals surface area contributed by atoms with Gasteiger partial charge >= 0.3 is 0 Å². The first-order valence-electron chi connectivity index (χ1n) is 11.9. The number of carbonyl (C=O) groups is 2. The highest BCUT2D eigenvalue weighted by atomic mass is 16.5. The molecule has 1 N–H and O–H groups in total. The average molecular weight is 477 g/mol. The summed E-state index contributed by atoms with van der Waals surface area (Å²) in [5.74, 6) is 0.00320. The Labute approximate surface area is 206 Å². The van der Waals surface area contributed by atoms with Crippen LogP contribution in [-0.4, -0.2) is 66.5 Å². The van der Waals surface area contributed by atoms with Gasteiger partial charge in [-0.15, -0.1) is 0 Å². The van der Waals surface area contributed by atoms with Gasteiger partial charge in [0.25, 0.3) is 11.7 Å². The van der Waals surface area contributed by atoms with Crippen molar-refractivity contribution in [1.82, 2.24) is 9.80 Å². The van der Waals surface area contributed by atoms with Gasteiger partial charge in [0.05, 0.1) is 11.6 Å². The number of fused-ring (bicyclic) bond motifs is 1. The quantitative estimate of drug-likeness (QED) is 0.256. The number of carbonyl (C=O) groups excluding carboxylic acids is 2. The summed E-state index contributed by atoms with van der Waals surface area (Å²) in [6.07, 6.45) is 3.15. The SMILES string of the molecule is C=CCOc1ccc(C2/C(=C(/O)c3ccc4c(c3)CC(C)O4)C(=O)C(=O)N2CCCN(C)C)cc1. The molecular formula is C28H32N2O5. The van der Waals surface area contributed by atoms with Crippen LogP contribution in [0.1, 0.15) is 36.1 Å². The molecule has 0 aliphatic carbocycles. The van der Waals surface area contributed by atoms with E-state index in [1.54, 1.807) is 29.2 Å². The van der Waals surface area contributed by atoms with Crippen LogP contribution in [0.3, 0.4) is 0 Å². The van der Waals surface area contributed by atoms with Gasteiger partial charge in [0.15, 0.2) is 0 Å². The minimum Gasteiger partial charge on any atom is -0.507 e. The summed E-state index contributed by atoms with van der Waals surface area (Å²) in [5.41, 5.74) is 2.32. The number of likely N-dealkylation sites (tertiary alicyclic amines) is 1. The molecule has 2 aliphatic rings. The van der Waals surface area contributed by atoms with Crippen molar-refractivity contribution in [1.29, 1.82) is 0 Å². The Morgan fingerprint density at radius 2 is 1.97 bits per heavy atom. The van der Waals surface area contributed by atoms with Crippen LogP contribution >= 0.6 is 0 Å². The summed E-state index contributed by atoms with van der Waals surface area (Å²) in [6, 6.07) is 12.0. The molecule has 1 amide bonds. The van der Waals surface area contributed by atoms with E-state index < -0.39 is 17.7 Å². The molecule has 0 spiro atoms. The first-order chi connectivity index (χ1) is 16.8. The summed E-state index contributed by atoms with van der Waals surface area (Å²) < 4.78 is 11.4. The van der Waals surface area contributed by atoms with Crippen molar-refractivity contribution in [3.8, 4) is 11.5 Å². The lowest BCUT2D eigenvalue weighted by molar-refractivity contribution is -0.139. The van der Waals surface area contributed by atoms with Crippen molar-refractivity contribution in [3.63, 3.8) is 0 Å². The van der Waals surface area contributed by atoms with Crippen molar-refractivity contribution in [2.45, 2.75) is 31.9 Å². The van der Waals surface area contributed by atoms with Crippen molar-refractivity contribution >= 4 is 17.4 Å². The van der Waals surface area contributed by atoms with Gasteiger partial charge in [0, 0.05) is 18.5 Å². The molecule has 2 aliphatic heterocycles. The van der Waals surface area contributed by atoms with Crippen LogP contribution in [0.2, 0.25) is 0 Å². The molecule has 0 aromatic heterocycles. The highest BCUT2D eigenvalue weighted by molar-refractivity contribution is 6.46. The Morgan fingerprint density at radius 3 is 2.66 bits per heavy atom. The lowest BCUT2D eigenvalue weighted by Gasteiger charge is -2.26. The van der Waals surface area contributed by atoms with Crippen molar-refractivity contribution < 1.29 is 24.2 Å². The zero-order chi connectivity index (χ0) is 25.1. The fourth-order valence-electron chi connectivity index (χ4n) is 4.64. The van der Waals surface area contributed by atoms with E-state index in [0.29, 0.717) is 30.9 Å². The molecule has 1 fully saturated rings. The van der Waals surface area contributed by atoms with Gasteiger partial charge in [-0.05, 0) is 75.4 Å². The molecule has 2 atom stereocenters. The van der Waals surface area contributed by atoms with Crippen LogP contribution in [0.4, 0.5) is 0 Å². The lowest BCUT2D eigenvalue weighted by atomic mass is 9.94. The monoisotopic (exact) mass is 476 g/mol. The predicted molar refractivity (Wildman–Crippen MR) is 135 cm³/mol. The summed E-state index contributed by atoms with van der Waals surface area (Å²) in [6.45, 7) is 7.19. The summed E-state index contributed by atoms with van der Waals surface area (Å²) >= 11 is 0. The van der Waals surface area contributed by atoms with Crippen LogP contribution < -0.4 is 9.47 Å². The highest BCUT2D eigenvalue weighted by Gasteiger charge is 2.45. The number of Topliss-reactive ketones (excluding diaryl/α,β-unsaturated/α-hetero) is 1. The molecule has 4 rings (SSSR count). The number of aliphatic hydroxyl groups is 1. The van der Waals surface area contributed by atoms with E-state index in [1.165, 1.54) is 0 Å². The Balaban J connectivity index is 1.74. The fourth-order valence-corrected chi connectivity index (χ4v) is 4.64. The van der Waals surface area contributed by atoms with E-state index in [0.717, 1.165) is 29.8 Å². The molecule has 7 nitrogen and oxygen atoms in total. The van der Waals surface area contributed by atoms with Crippen LogP contribution in [0.5, 0.6) is 11.5 Å². The second kappa shape index (κ2) is 10.4. The molecule has 184 valence electrons. The van der Waals surface area contributed by atoms with Crippen LogP contribution in [0.25, 0.3) is 5.76 Å². The molecule has 2 aromatic carbocycles. The Morgan fingerprint density at radius 1 is 1.23 bits per heavy atom. The van der Waals surface area contributed by atoms with Crippen LogP contribution in [-0.2, 0) is 16.0 Å². The molecule has 7 heteroatoms. The van der Waals surface area contributed by atoms with Gasteiger partial charge in [-0.25, -0.2) is 0 Å². The first kappa shape index (κ1) is 24.5. The molecule has 2 unspecified atom stereocenters. The molecule has 0 saturated carbocycles. The largest absolute Gasteiger partial charge is 0.507 e. The summed E-state index contributed by atoms with van der Waals surface area (Å²) in [5, 5.41) is 11.3. The number of hydrogen-bond donors (Lipinski definition) is 1. The maximum atomic E-state index is 13.2. The third-order valence-electron chi connectivity index (χ3n) is 6.28. The number of benzene rings is 2. The number of ether oxygens (including phenoxy) is 2. The average Bonchev–Trinajstić information content (AvgIpc) is 3.33. The topological polar surface area (TPSA) is 79.3 Å². The number of hydrogen-bond acceptors (Lipinski definition) is 6. The zero-order valence-corrected chi connectivity index (χ0v) is 20.5. The molecular weight excluding hydrogens is 444 g/mol. The zero-order valence-electron chi connectivity index (χ0n) is 20.5. The highest BCUT2D eigenvalue weighted by Crippen LogP contribution is 2.41. The normalized spacial score (nSPS) is 20.7. The fraction of sp³-hybridized carbons (Fsp3) is 0.357. The maximum absolute atomic E-state index is 13.2. The number of ketones is 1. The van der Waals surface area contributed by atoms with Gasteiger partial charge in [-0.2, -0.15) is 0 Å². The maximum Gasteiger partial charge on any atom is 0.295 e. The third kappa shape index (κ3) is 5.10. The smallest absolute Gasteiger partial charge is 0.295 e. The summed E-state index contributed by atoms with van der Waals surface area (Å²) in [7, 11) is 3.93. The van der Waals surface area contributed by atoms with Gasteiger partial charge in [-0.1, -0.05) is 24.8 Å². The van der Waals surface area contributed by atoms with Crippen molar-refractivity contribution in [2.24, 2.45) is 0 Å². The molecule has 2 aromatic rings. The van der Waals surface area contributed by atoms with Gasteiger partial charge in [-0.3, -0.25) is 9.59 Å². The molecule has 35 heavy (non-hydrogen) atoms. The molecule has 2 heterocycles. The second-order valence-electron chi connectivity index (χ2n) is 9.27. The molecule has 1 saturated heterocycles. The number of nitrogens with zero attached hydrogens (tertiary/aromatic N) is 2. The summed E-state index contributed by atoms with van der Waals surface area (Å²) in [4.78, 5) is 29.9. The Hall–Kier alpha value is -3.58. The van der Waals surface area contributed by atoms with Crippen LogP contribution in [0, 0.1) is 0 Å². The predicted octanol–water partition coefficient (Wildman–Crippen LogP) is 3.95. The van der Waals surface area contributed by atoms with Crippen LogP contribution in [0.15, 0.2) is 60.7 Å². The molecule has 0 bridgehead atoms. The van der Waals surface area contributed by atoms with Gasteiger partial charge in [0.1, 0.15) is 30.0 Å². The molecule has 0 radical (unpaired) electrons. The van der Waals surface area contributed by atoms with E-state index in [4.69, 9.17) is 9.47 Å². The van der Waals surface area contributed by atoms with E-state index in [1.807, 2.05) is 50.2 Å². The third-order valence-corrected chi connectivity index (χ3v) is 6.28. The minimum absolute atomic E-state index is 0.0616. The standard InChI is InChI=1S/C28H32N2O5/c1-5-15-34-22-10-7-19(8-11-22)25-24(27(32)28(33)30(25)14-6-13-29(3)4)26(31)20-9-12-23-21(17-20)16-18(2)35-23/h5,7-12,17-18,25,31H,1,6,13-16H2,2-4H3/b26-24-.